The van der Waals surface area contributed by atoms with Gasteiger partial charge in [0.2, 0.25) is 0 Å². The van der Waals surface area contributed by atoms with Crippen molar-refractivity contribution in [3.8, 4) is 0 Å². The standard InChI is InChI=1S/C12H21N5O/c1-8-10(11(13)16-15-8)12(18)14-6-9-4-3-5-17(2)7-9/h9H,3-7H2,1-2H3,(H,14,18)(H3,13,15,16). The van der Waals surface area contributed by atoms with Crippen molar-refractivity contribution in [3.05, 3.63) is 11.3 Å². The van der Waals surface area contributed by atoms with Crippen LogP contribution in [0.5, 0.6) is 0 Å². The summed E-state index contributed by atoms with van der Waals surface area (Å²) in [6.45, 7) is 4.69. The van der Waals surface area contributed by atoms with E-state index in [0.29, 0.717) is 23.7 Å². The fourth-order valence-corrected chi connectivity index (χ4v) is 2.50. The number of piperidine rings is 1. The summed E-state index contributed by atoms with van der Waals surface area (Å²) in [5.74, 6) is 0.666. The van der Waals surface area contributed by atoms with Crippen molar-refractivity contribution in [2.24, 2.45) is 5.92 Å². The molecule has 1 aliphatic heterocycles. The number of H-pyrrole nitrogens is 1. The number of aryl methyl sites for hydroxylation is 1. The first-order valence-electron chi connectivity index (χ1n) is 6.35. The highest BCUT2D eigenvalue weighted by Crippen LogP contribution is 2.15. The molecule has 1 aromatic heterocycles. The van der Waals surface area contributed by atoms with Gasteiger partial charge in [-0.3, -0.25) is 9.89 Å². The van der Waals surface area contributed by atoms with Crippen molar-refractivity contribution in [1.29, 1.82) is 0 Å². The SMILES string of the molecule is Cc1[nH]nc(N)c1C(=O)NCC1CCCN(C)C1. The Bertz CT molecular complexity index is 409. The number of likely N-dealkylation sites (tertiary alicyclic amines) is 1. The molecular weight excluding hydrogens is 230 g/mol. The third-order valence-electron chi connectivity index (χ3n) is 3.48. The predicted molar refractivity (Wildman–Crippen MR) is 70.3 cm³/mol. The zero-order chi connectivity index (χ0) is 13.1. The third kappa shape index (κ3) is 2.81. The largest absolute Gasteiger partial charge is 0.382 e. The van der Waals surface area contributed by atoms with Gasteiger partial charge in [-0.2, -0.15) is 5.10 Å². The monoisotopic (exact) mass is 251 g/mol. The molecular formula is C12H21N5O. The Labute approximate surface area is 107 Å². The van der Waals surface area contributed by atoms with Crippen LogP contribution in [0.25, 0.3) is 0 Å². The molecule has 0 saturated carbocycles. The summed E-state index contributed by atoms with van der Waals surface area (Å²) in [5, 5.41) is 9.50. The van der Waals surface area contributed by atoms with Gasteiger partial charge in [0.15, 0.2) is 5.82 Å². The fourth-order valence-electron chi connectivity index (χ4n) is 2.50. The van der Waals surface area contributed by atoms with E-state index < -0.39 is 0 Å². The van der Waals surface area contributed by atoms with Crippen LogP contribution >= 0.6 is 0 Å². The van der Waals surface area contributed by atoms with E-state index >= 15 is 0 Å². The third-order valence-corrected chi connectivity index (χ3v) is 3.48. The predicted octanol–water partition coefficient (Wildman–Crippen LogP) is 0.372. The van der Waals surface area contributed by atoms with E-state index in [9.17, 15) is 4.79 Å². The van der Waals surface area contributed by atoms with Crippen LogP contribution in [-0.4, -0.2) is 47.7 Å². The second-order valence-corrected chi connectivity index (χ2v) is 5.09. The van der Waals surface area contributed by atoms with Crippen LogP contribution in [0.4, 0.5) is 5.82 Å². The van der Waals surface area contributed by atoms with Crippen molar-refractivity contribution >= 4 is 11.7 Å². The lowest BCUT2D eigenvalue weighted by atomic mass is 9.98. The number of aromatic amines is 1. The number of amides is 1. The zero-order valence-electron chi connectivity index (χ0n) is 11.0. The van der Waals surface area contributed by atoms with E-state index in [1.165, 1.54) is 12.8 Å². The molecule has 1 aliphatic rings. The molecule has 2 rings (SSSR count). The van der Waals surface area contributed by atoms with Crippen molar-refractivity contribution < 1.29 is 4.79 Å². The van der Waals surface area contributed by atoms with Crippen LogP contribution in [0.15, 0.2) is 0 Å². The summed E-state index contributed by atoms with van der Waals surface area (Å²) in [4.78, 5) is 14.3. The fraction of sp³-hybridized carbons (Fsp3) is 0.667. The van der Waals surface area contributed by atoms with Crippen LogP contribution in [-0.2, 0) is 0 Å². The number of hydrogen-bond donors (Lipinski definition) is 3. The van der Waals surface area contributed by atoms with Crippen LogP contribution in [0.2, 0.25) is 0 Å². The smallest absolute Gasteiger partial charge is 0.256 e. The summed E-state index contributed by atoms with van der Waals surface area (Å²) in [5.41, 5.74) is 6.85. The zero-order valence-corrected chi connectivity index (χ0v) is 11.0. The van der Waals surface area contributed by atoms with Crippen molar-refractivity contribution in [2.75, 3.05) is 32.4 Å². The molecule has 0 aromatic carbocycles. The van der Waals surface area contributed by atoms with Gasteiger partial charge >= 0.3 is 0 Å². The van der Waals surface area contributed by atoms with Gasteiger partial charge < -0.3 is 16.0 Å². The maximum absolute atomic E-state index is 12.0. The van der Waals surface area contributed by atoms with E-state index in [4.69, 9.17) is 5.73 Å². The highest BCUT2D eigenvalue weighted by atomic mass is 16.1. The minimum absolute atomic E-state index is 0.132. The maximum atomic E-state index is 12.0. The number of nitrogen functional groups attached to an aromatic ring is 1. The topological polar surface area (TPSA) is 87.0 Å². The number of aromatic nitrogens is 2. The summed E-state index contributed by atoms with van der Waals surface area (Å²) < 4.78 is 0. The maximum Gasteiger partial charge on any atom is 0.256 e. The van der Waals surface area contributed by atoms with Gasteiger partial charge in [-0.15, -0.1) is 0 Å². The minimum Gasteiger partial charge on any atom is -0.382 e. The number of rotatable bonds is 3. The number of nitrogens with zero attached hydrogens (tertiary/aromatic N) is 2. The summed E-state index contributed by atoms with van der Waals surface area (Å²) in [6, 6.07) is 0. The van der Waals surface area contributed by atoms with Crippen LogP contribution in [0.3, 0.4) is 0 Å². The van der Waals surface area contributed by atoms with Crippen molar-refractivity contribution in [3.63, 3.8) is 0 Å². The Kier molecular flexibility index (Phi) is 3.86. The molecule has 4 N–H and O–H groups in total. The van der Waals surface area contributed by atoms with E-state index in [1.54, 1.807) is 6.92 Å². The van der Waals surface area contributed by atoms with Gasteiger partial charge in [-0.25, -0.2) is 0 Å². The number of carbonyl (C=O) groups is 1. The Morgan fingerprint density at radius 3 is 3.06 bits per heavy atom. The highest BCUT2D eigenvalue weighted by Gasteiger charge is 2.20. The highest BCUT2D eigenvalue weighted by molar-refractivity contribution is 5.99. The van der Waals surface area contributed by atoms with Gasteiger partial charge in [0.05, 0.1) is 0 Å². The quantitative estimate of drug-likeness (QED) is 0.724. The average molecular weight is 251 g/mol. The molecule has 1 amide bonds. The van der Waals surface area contributed by atoms with Gasteiger partial charge in [-0.1, -0.05) is 0 Å². The molecule has 1 aromatic rings. The number of anilines is 1. The molecule has 100 valence electrons. The lowest BCUT2D eigenvalue weighted by Gasteiger charge is -2.29. The van der Waals surface area contributed by atoms with Crippen molar-refractivity contribution in [1.82, 2.24) is 20.4 Å². The second kappa shape index (κ2) is 5.39. The molecule has 6 heteroatoms. The van der Waals surface area contributed by atoms with E-state index in [2.05, 4.69) is 27.5 Å². The molecule has 1 unspecified atom stereocenters. The Balaban J connectivity index is 1.88. The van der Waals surface area contributed by atoms with E-state index in [0.717, 1.165) is 13.1 Å². The first kappa shape index (κ1) is 12.9. The minimum atomic E-state index is -0.132. The van der Waals surface area contributed by atoms with E-state index in [-0.39, 0.29) is 11.7 Å². The molecule has 6 nitrogen and oxygen atoms in total. The van der Waals surface area contributed by atoms with Gasteiger partial charge in [0.1, 0.15) is 5.56 Å². The number of nitrogens with one attached hydrogen (secondary N) is 2. The second-order valence-electron chi connectivity index (χ2n) is 5.09. The molecule has 0 radical (unpaired) electrons. The number of carbonyl (C=O) groups excluding carboxylic acids is 1. The summed E-state index contributed by atoms with van der Waals surface area (Å²) in [7, 11) is 2.12. The molecule has 1 saturated heterocycles. The lowest BCUT2D eigenvalue weighted by molar-refractivity contribution is 0.0937. The molecule has 0 spiro atoms. The Morgan fingerprint density at radius 1 is 1.67 bits per heavy atom. The molecule has 1 fully saturated rings. The first-order valence-corrected chi connectivity index (χ1v) is 6.35. The molecule has 0 bridgehead atoms. The number of hydrogen-bond acceptors (Lipinski definition) is 4. The van der Waals surface area contributed by atoms with Crippen LogP contribution in [0.1, 0.15) is 28.9 Å². The summed E-state index contributed by atoms with van der Waals surface area (Å²) >= 11 is 0. The van der Waals surface area contributed by atoms with Crippen LogP contribution in [0, 0.1) is 12.8 Å². The van der Waals surface area contributed by atoms with Crippen LogP contribution < -0.4 is 11.1 Å². The van der Waals surface area contributed by atoms with Crippen molar-refractivity contribution in [2.45, 2.75) is 19.8 Å². The molecule has 2 heterocycles. The lowest BCUT2D eigenvalue weighted by Crippen LogP contribution is -2.39. The Morgan fingerprint density at radius 2 is 2.44 bits per heavy atom. The van der Waals surface area contributed by atoms with Gasteiger partial charge in [0.25, 0.3) is 5.91 Å². The first-order chi connectivity index (χ1) is 8.58. The summed E-state index contributed by atoms with van der Waals surface area (Å²) in [6.07, 6.45) is 2.37. The Hall–Kier alpha value is -1.56. The number of nitrogens with two attached hydrogens (primary N) is 1. The molecule has 1 atom stereocenters. The normalized spacial score (nSPS) is 20.9. The molecule has 18 heavy (non-hydrogen) atoms. The van der Waals surface area contributed by atoms with E-state index in [1.807, 2.05) is 0 Å². The van der Waals surface area contributed by atoms with Gasteiger partial charge in [0, 0.05) is 18.8 Å². The molecule has 0 aliphatic carbocycles. The van der Waals surface area contributed by atoms with Gasteiger partial charge in [-0.05, 0) is 39.3 Å². The average Bonchev–Trinajstić information content (AvgIpc) is 2.66.